The van der Waals surface area contributed by atoms with Crippen LogP contribution in [0.3, 0.4) is 0 Å². The largest absolute Gasteiger partial charge is 0.368 e. The van der Waals surface area contributed by atoms with Crippen molar-refractivity contribution in [2.75, 3.05) is 37.6 Å². The molecule has 5 heteroatoms. The molecule has 122 valence electrons. The number of hydrogen-bond donors (Lipinski definition) is 1. The lowest BCUT2D eigenvalue weighted by Gasteiger charge is -2.36. The molecule has 0 bridgehead atoms. The van der Waals surface area contributed by atoms with E-state index in [-0.39, 0.29) is 6.03 Å². The van der Waals surface area contributed by atoms with E-state index in [0.717, 1.165) is 49.9 Å². The lowest BCUT2D eigenvalue weighted by molar-refractivity contribution is 0.194. The number of carbonyl (C=O) groups excluding carboxylic acids is 1. The first-order chi connectivity index (χ1) is 10.7. The van der Waals surface area contributed by atoms with Crippen molar-refractivity contribution in [3.63, 3.8) is 0 Å². The summed E-state index contributed by atoms with van der Waals surface area (Å²) in [5.74, 6) is 0. The Bertz CT molecular complexity index is 473. The summed E-state index contributed by atoms with van der Waals surface area (Å²) < 4.78 is 0. The van der Waals surface area contributed by atoms with Gasteiger partial charge in [-0.05, 0) is 24.6 Å². The van der Waals surface area contributed by atoms with Gasteiger partial charge in [0, 0.05) is 43.4 Å². The van der Waals surface area contributed by atoms with Crippen LogP contribution >= 0.6 is 11.6 Å². The molecule has 1 aliphatic rings. The Hall–Kier alpha value is -1.42. The number of benzene rings is 1. The molecule has 0 spiro atoms. The average molecular weight is 324 g/mol. The molecule has 22 heavy (non-hydrogen) atoms. The van der Waals surface area contributed by atoms with Gasteiger partial charge in [0.25, 0.3) is 0 Å². The van der Waals surface area contributed by atoms with Gasteiger partial charge in [0.05, 0.1) is 0 Å². The van der Waals surface area contributed by atoms with Crippen LogP contribution in [0.1, 0.15) is 32.6 Å². The van der Waals surface area contributed by atoms with Gasteiger partial charge in [-0.15, -0.1) is 0 Å². The Kier molecular flexibility index (Phi) is 6.84. The molecule has 1 aliphatic heterocycles. The molecule has 1 N–H and O–H groups in total. The molecule has 1 heterocycles. The fourth-order valence-electron chi connectivity index (χ4n) is 2.70. The van der Waals surface area contributed by atoms with Crippen molar-refractivity contribution in [1.29, 1.82) is 0 Å². The second-order valence-electron chi connectivity index (χ2n) is 5.75. The first kappa shape index (κ1) is 16.9. The zero-order chi connectivity index (χ0) is 15.8. The normalized spacial score (nSPS) is 15.0. The molecule has 0 aromatic heterocycles. The first-order valence-electron chi connectivity index (χ1n) is 8.24. The van der Waals surface area contributed by atoms with Crippen molar-refractivity contribution in [2.24, 2.45) is 0 Å². The highest BCUT2D eigenvalue weighted by molar-refractivity contribution is 6.30. The second-order valence-corrected chi connectivity index (χ2v) is 6.18. The van der Waals surface area contributed by atoms with Crippen LogP contribution < -0.4 is 10.2 Å². The van der Waals surface area contributed by atoms with E-state index >= 15 is 0 Å². The second kappa shape index (κ2) is 8.89. The van der Waals surface area contributed by atoms with E-state index in [1.54, 1.807) is 0 Å². The standard InChI is InChI=1S/C17H26ClN3O/c1-2-3-4-5-9-19-17(22)21-12-10-20(11-13-21)16-8-6-7-15(18)14-16/h6-8,14H,2-5,9-13H2,1H3,(H,19,22). The van der Waals surface area contributed by atoms with E-state index < -0.39 is 0 Å². The Balaban J connectivity index is 1.71. The van der Waals surface area contributed by atoms with Crippen molar-refractivity contribution < 1.29 is 4.79 Å². The number of piperazine rings is 1. The monoisotopic (exact) mass is 323 g/mol. The summed E-state index contributed by atoms with van der Waals surface area (Å²) in [7, 11) is 0. The predicted octanol–water partition coefficient (Wildman–Crippen LogP) is 3.75. The number of hydrogen-bond acceptors (Lipinski definition) is 2. The lowest BCUT2D eigenvalue weighted by atomic mass is 10.2. The molecule has 0 aliphatic carbocycles. The van der Waals surface area contributed by atoms with Crippen molar-refractivity contribution >= 4 is 23.3 Å². The Labute approximate surface area is 138 Å². The zero-order valence-electron chi connectivity index (χ0n) is 13.4. The Morgan fingerprint density at radius 3 is 2.64 bits per heavy atom. The Morgan fingerprint density at radius 2 is 1.95 bits per heavy atom. The number of nitrogens with one attached hydrogen (secondary N) is 1. The van der Waals surface area contributed by atoms with E-state index in [1.165, 1.54) is 19.3 Å². The Morgan fingerprint density at radius 1 is 1.18 bits per heavy atom. The lowest BCUT2D eigenvalue weighted by Crippen LogP contribution is -2.52. The molecular formula is C17H26ClN3O. The number of amides is 2. The average Bonchev–Trinajstić information content (AvgIpc) is 2.54. The molecule has 1 fully saturated rings. The van der Waals surface area contributed by atoms with E-state index in [2.05, 4.69) is 23.2 Å². The maximum absolute atomic E-state index is 12.1. The number of urea groups is 1. The minimum atomic E-state index is 0.0715. The summed E-state index contributed by atoms with van der Waals surface area (Å²) in [4.78, 5) is 16.3. The number of carbonyl (C=O) groups is 1. The first-order valence-corrected chi connectivity index (χ1v) is 8.62. The number of anilines is 1. The number of rotatable bonds is 6. The van der Waals surface area contributed by atoms with Crippen LogP contribution in [0.4, 0.5) is 10.5 Å². The van der Waals surface area contributed by atoms with Crippen molar-refractivity contribution in [3.05, 3.63) is 29.3 Å². The SMILES string of the molecule is CCCCCCNC(=O)N1CCN(c2cccc(Cl)c2)CC1. The molecule has 2 rings (SSSR count). The van der Waals surface area contributed by atoms with Gasteiger partial charge in [0.2, 0.25) is 0 Å². The van der Waals surface area contributed by atoms with E-state index in [4.69, 9.17) is 11.6 Å². The highest BCUT2D eigenvalue weighted by Crippen LogP contribution is 2.20. The van der Waals surface area contributed by atoms with Crippen LogP contribution in [-0.2, 0) is 0 Å². The van der Waals surface area contributed by atoms with Gasteiger partial charge >= 0.3 is 6.03 Å². The van der Waals surface area contributed by atoms with Gasteiger partial charge in [-0.25, -0.2) is 4.79 Å². The van der Waals surface area contributed by atoms with Crippen LogP contribution in [0.15, 0.2) is 24.3 Å². The molecule has 1 saturated heterocycles. The quantitative estimate of drug-likeness (QED) is 0.809. The maximum atomic E-state index is 12.1. The molecule has 1 aromatic carbocycles. The summed E-state index contributed by atoms with van der Waals surface area (Å²) in [6, 6.07) is 7.96. The van der Waals surface area contributed by atoms with Crippen molar-refractivity contribution in [1.82, 2.24) is 10.2 Å². The third kappa shape index (κ3) is 5.09. The van der Waals surface area contributed by atoms with Crippen LogP contribution in [-0.4, -0.2) is 43.7 Å². The molecule has 4 nitrogen and oxygen atoms in total. The van der Waals surface area contributed by atoms with Gasteiger partial charge in [0.15, 0.2) is 0 Å². The zero-order valence-corrected chi connectivity index (χ0v) is 14.1. The van der Waals surface area contributed by atoms with Gasteiger partial charge < -0.3 is 15.1 Å². The van der Waals surface area contributed by atoms with Crippen molar-refractivity contribution in [2.45, 2.75) is 32.6 Å². The molecule has 1 aromatic rings. The summed E-state index contributed by atoms with van der Waals surface area (Å²) >= 11 is 6.04. The van der Waals surface area contributed by atoms with E-state index in [9.17, 15) is 4.79 Å². The minimum Gasteiger partial charge on any atom is -0.368 e. The highest BCUT2D eigenvalue weighted by Gasteiger charge is 2.20. The molecular weight excluding hydrogens is 298 g/mol. The molecule has 0 atom stereocenters. The topological polar surface area (TPSA) is 35.6 Å². The van der Waals surface area contributed by atoms with Gasteiger partial charge in [-0.3, -0.25) is 0 Å². The van der Waals surface area contributed by atoms with Gasteiger partial charge in [0.1, 0.15) is 0 Å². The fraction of sp³-hybridized carbons (Fsp3) is 0.588. The summed E-state index contributed by atoms with van der Waals surface area (Å²) in [5, 5.41) is 3.78. The third-order valence-electron chi connectivity index (χ3n) is 4.05. The summed E-state index contributed by atoms with van der Waals surface area (Å²) in [5.41, 5.74) is 1.13. The summed E-state index contributed by atoms with van der Waals surface area (Å²) in [6.07, 6.45) is 4.73. The maximum Gasteiger partial charge on any atom is 0.317 e. The fourth-order valence-corrected chi connectivity index (χ4v) is 2.88. The van der Waals surface area contributed by atoms with Gasteiger partial charge in [-0.2, -0.15) is 0 Å². The number of unbranched alkanes of at least 4 members (excludes halogenated alkanes) is 3. The molecule has 2 amide bonds. The third-order valence-corrected chi connectivity index (χ3v) is 4.28. The van der Waals surface area contributed by atoms with Crippen LogP contribution in [0.5, 0.6) is 0 Å². The minimum absolute atomic E-state index is 0.0715. The number of nitrogens with zero attached hydrogens (tertiary/aromatic N) is 2. The van der Waals surface area contributed by atoms with Gasteiger partial charge in [-0.1, -0.05) is 43.9 Å². The van der Waals surface area contributed by atoms with Crippen molar-refractivity contribution in [3.8, 4) is 0 Å². The van der Waals surface area contributed by atoms with Crippen LogP contribution in [0.2, 0.25) is 5.02 Å². The van der Waals surface area contributed by atoms with Crippen LogP contribution in [0.25, 0.3) is 0 Å². The smallest absolute Gasteiger partial charge is 0.317 e. The van der Waals surface area contributed by atoms with E-state index in [0.29, 0.717) is 0 Å². The van der Waals surface area contributed by atoms with Crippen LogP contribution in [0, 0.1) is 0 Å². The molecule has 0 unspecified atom stereocenters. The highest BCUT2D eigenvalue weighted by atomic mass is 35.5. The number of halogens is 1. The predicted molar refractivity (Wildman–Crippen MR) is 92.8 cm³/mol. The molecule has 0 radical (unpaired) electrons. The van der Waals surface area contributed by atoms with E-state index in [1.807, 2.05) is 23.1 Å². The molecule has 0 saturated carbocycles. The summed E-state index contributed by atoms with van der Waals surface area (Å²) in [6.45, 7) is 6.19.